The van der Waals surface area contributed by atoms with Gasteiger partial charge in [0.1, 0.15) is 5.82 Å². The first-order chi connectivity index (χ1) is 9.06. The number of para-hydroxylation sites is 1. The van der Waals surface area contributed by atoms with Crippen LogP contribution in [0.15, 0.2) is 18.2 Å². The largest absolute Gasteiger partial charge is 0.366 e. The molecule has 2 rings (SSSR count). The molecule has 0 saturated carbocycles. The van der Waals surface area contributed by atoms with Crippen LogP contribution in [0.2, 0.25) is 0 Å². The molecule has 0 aliphatic carbocycles. The van der Waals surface area contributed by atoms with Gasteiger partial charge in [-0.15, -0.1) is 0 Å². The van der Waals surface area contributed by atoms with Crippen molar-refractivity contribution in [3.8, 4) is 0 Å². The Hall–Kier alpha value is -1.09. The van der Waals surface area contributed by atoms with Crippen LogP contribution >= 0.6 is 0 Å². The molecule has 19 heavy (non-hydrogen) atoms. The van der Waals surface area contributed by atoms with Crippen LogP contribution in [0.25, 0.3) is 0 Å². The molecule has 0 amide bonds. The molecule has 1 aliphatic rings. The summed E-state index contributed by atoms with van der Waals surface area (Å²) in [6, 6.07) is 6.05. The minimum absolute atomic E-state index is 0.0906. The van der Waals surface area contributed by atoms with Crippen molar-refractivity contribution < 1.29 is 4.39 Å². The van der Waals surface area contributed by atoms with E-state index in [1.807, 2.05) is 19.2 Å². The number of benzene rings is 1. The summed E-state index contributed by atoms with van der Waals surface area (Å²) < 4.78 is 14.4. The van der Waals surface area contributed by atoms with Crippen LogP contribution in [-0.2, 0) is 0 Å². The van der Waals surface area contributed by atoms with E-state index in [9.17, 15) is 4.39 Å². The summed E-state index contributed by atoms with van der Waals surface area (Å²) in [6.07, 6.45) is 2.32. The van der Waals surface area contributed by atoms with Gasteiger partial charge >= 0.3 is 0 Å². The van der Waals surface area contributed by atoms with Gasteiger partial charge in [-0.3, -0.25) is 0 Å². The number of rotatable bonds is 4. The SMILES string of the molecule is CNC(C)c1cccc(F)c1N1CCCC1C(C)C. The van der Waals surface area contributed by atoms with E-state index in [4.69, 9.17) is 0 Å². The van der Waals surface area contributed by atoms with Gasteiger partial charge in [-0.25, -0.2) is 4.39 Å². The summed E-state index contributed by atoms with van der Waals surface area (Å²) in [7, 11) is 1.92. The highest BCUT2D eigenvalue weighted by molar-refractivity contribution is 5.57. The van der Waals surface area contributed by atoms with Gasteiger partial charge in [-0.2, -0.15) is 0 Å². The highest BCUT2D eigenvalue weighted by Gasteiger charge is 2.31. The first-order valence-electron chi connectivity index (χ1n) is 7.28. The monoisotopic (exact) mass is 264 g/mol. The van der Waals surface area contributed by atoms with Crippen LogP contribution in [-0.4, -0.2) is 19.6 Å². The molecule has 0 spiro atoms. The summed E-state index contributed by atoms with van der Waals surface area (Å²) >= 11 is 0. The third-order valence-corrected chi connectivity index (χ3v) is 4.27. The van der Waals surface area contributed by atoms with Crippen molar-refractivity contribution in [3.05, 3.63) is 29.6 Å². The summed E-state index contributed by atoms with van der Waals surface area (Å²) in [4.78, 5) is 2.28. The Morgan fingerprint density at radius 3 is 2.68 bits per heavy atom. The number of halogens is 1. The van der Waals surface area contributed by atoms with Gasteiger partial charge in [-0.05, 0) is 44.4 Å². The van der Waals surface area contributed by atoms with E-state index in [2.05, 4.69) is 31.0 Å². The number of hydrogen-bond donors (Lipinski definition) is 1. The lowest BCUT2D eigenvalue weighted by molar-refractivity contribution is 0.483. The molecule has 3 heteroatoms. The van der Waals surface area contributed by atoms with Crippen LogP contribution in [0.5, 0.6) is 0 Å². The second kappa shape index (κ2) is 5.91. The lowest BCUT2D eigenvalue weighted by Gasteiger charge is -2.32. The highest BCUT2D eigenvalue weighted by Crippen LogP contribution is 2.36. The smallest absolute Gasteiger partial charge is 0.146 e. The van der Waals surface area contributed by atoms with Gasteiger partial charge < -0.3 is 10.2 Å². The van der Waals surface area contributed by atoms with E-state index in [-0.39, 0.29) is 11.9 Å². The molecule has 0 radical (unpaired) electrons. The molecule has 2 atom stereocenters. The van der Waals surface area contributed by atoms with E-state index in [1.165, 1.54) is 6.42 Å². The molecule has 1 N–H and O–H groups in total. The minimum atomic E-state index is -0.0906. The zero-order chi connectivity index (χ0) is 14.0. The van der Waals surface area contributed by atoms with Crippen molar-refractivity contribution >= 4 is 5.69 Å². The summed E-state index contributed by atoms with van der Waals surface area (Å²) in [5.74, 6) is 0.465. The third kappa shape index (κ3) is 2.76. The van der Waals surface area contributed by atoms with Crippen LogP contribution < -0.4 is 10.2 Å². The summed E-state index contributed by atoms with van der Waals surface area (Å²) in [5.41, 5.74) is 1.87. The maximum Gasteiger partial charge on any atom is 0.146 e. The molecule has 0 bridgehead atoms. The van der Waals surface area contributed by atoms with E-state index < -0.39 is 0 Å². The van der Waals surface area contributed by atoms with Gasteiger partial charge in [0.2, 0.25) is 0 Å². The number of nitrogens with zero attached hydrogens (tertiary/aromatic N) is 1. The average molecular weight is 264 g/mol. The maximum atomic E-state index is 14.4. The first-order valence-corrected chi connectivity index (χ1v) is 7.28. The summed E-state index contributed by atoms with van der Waals surface area (Å²) in [6.45, 7) is 7.50. The van der Waals surface area contributed by atoms with Crippen molar-refractivity contribution in [2.75, 3.05) is 18.5 Å². The molecular weight excluding hydrogens is 239 g/mol. The lowest BCUT2D eigenvalue weighted by atomic mass is 9.99. The molecule has 1 aromatic rings. The second-order valence-corrected chi connectivity index (χ2v) is 5.84. The average Bonchev–Trinajstić information content (AvgIpc) is 2.86. The number of hydrogen-bond acceptors (Lipinski definition) is 2. The van der Waals surface area contributed by atoms with Gasteiger partial charge in [0.25, 0.3) is 0 Å². The number of anilines is 1. The predicted octanol–water partition coefficient (Wildman–Crippen LogP) is 3.73. The Balaban J connectivity index is 2.43. The maximum absolute atomic E-state index is 14.4. The Morgan fingerprint density at radius 1 is 1.32 bits per heavy atom. The molecule has 2 unspecified atom stereocenters. The van der Waals surface area contributed by atoms with Crippen molar-refractivity contribution in [2.24, 2.45) is 5.92 Å². The number of nitrogens with one attached hydrogen (secondary N) is 1. The Labute approximate surface area is 116 Å². The minimum Gasteiger partial charge on any atom is -0.366 e. The molecular formula is C16H25FN2. The van der Waals surface area contributed by atoms with Gasteiger partial charge in [-0.1, -0.05) is 26.0 Å². The van der Waals surface area contributed by atoms with Gasteiger partial charge in [0.05, 0.1) is 5.69 Å². The Bertz CT molecular complexity index is 431. The van der Waals surface area contributed by atoms with E-state index in [0.717, 1.165) is 24.2 Å². The van der Waals surface area contributed by atoms with Crippen molar-refractivity contribution in [3.63, 3.8) is 0 Å². The van der Waals surface area contributed by atoms with Crippen LogP contribution in [0.3, 0.4) is 0 Å². The van der Waals surface area contributed by atoms with E-state index in [0.29, 0.717) is 12.0 Å². The zero-order valence-electron chi connectivity index (χ0n) is 12.4. The molecule has 2 nitrogen and oxygen atoms in total. The second-order valence-electron chi connectivity index (χ2n) is 5.84. The molecule has 0 aromatic heterocycles. The van der Waals surface area contributed by atoms with E-state index >= 15 is 0 Å². The highest BCUT2D eigenvalue weighted by atomic mass is 19.1. The Kier molecular flexibility index (Phi) is 4.46. The van der Waals surface area contributed by atoms with Gasteiger partial charge in [0, 0.05) is 18.6 Å². The van der Waals surface area contributed by atoms with Crippen molar-refractivity contribution in [2.45, 2.75) is 45.7 Å². The van der Waals surface area contributed by atoms with Crippen LogP contribution in [0.1, 0.15) is 45.2 Å². The lowest BCUT2D eigenvalue weighted by Crippen LogP contribution is -2.35. The van der Waals surface area contributed by atoms with Gasteiger partial charge in [0.15, 0.2) is 0 Å². The molecule has 1 aromatic carbocycles. The fraction of sp³-hybridized carbons (Fsp3) is 0.625. The van der Waals surface area contributed by atoms with Crippen LogP contribution in [0.4, 0.5) is 10.1 Å². The predicted molar refractivity (Wildman–Crippen MR) is 79.1 cm³/mol. The molecule has 1 aliphatic heterocycles. The zero-order valence-corrected chi connectivity index (χ0v) is 12.4. The summed E-state index contributed by atoms with van der Waals surface area (Å²) in [5, 5.41) is 3.22. The third-order valence-electron chi connectivity index (χ3n) is 4.27. The first kappa shape index (κ1) is 14.3. The van der Waals surface area contributed by atoms with Crippen molar-refractivity contribution in [1.29, 1.82) is 0 Å². The topological polar surface area (TPSA) is 15.3 Å². The molecule has 106 valence electrons. The normalized spacial score (nSPS) is 21.2. The molecule has 1 heterocycles. The molecule has 1 fully saturated rings. The Morgan fingerprint density at radius 2 is 2.05 bits per heavy atom. The quantitative estimate of drug-likeness (QED) is 0.891. The van der Waals surface area contributed by atoms with Crippen LogP contribution in [0, 0.1) is 11.7 Å². The fourth-order valence-corrected chi connectivity index (χ4v) is 3.10. The standard InChI is InChI=1S/C16H25FN2/c1-11(2)15-9-6-10-19(15)16-13(12(3)18-4)7-5-8-14(16)17/h5,7-8,11-12,15,18H,6,9-10H2,1-4H3. The van der Waals surface area contributed by atoms with E-state index in [1.54, 1.807) is 6.07 Å². The molecule has 1 saturated heterocycles. The fourth-order valence-electron chi connectivity index (χ4n) is 3.10. The van der Waals surface area contributed by atoms with Crippen molar-refractivity contribution in [1.82, 2.24) is 5.32 Å².